The van der Waals surface area contributed by atoms with Gasteiger partial charge in [-0.3, -0.25) is 4.79 Å². The van der Waals surface area contributed by atoms with Crippen molar-refractivity contribution in [2.75, 3.05) is 26.4 Å². The first kappa shape index (κ1) is 14.6. The van der Waals surface area contributed by atoms with Crippen LogP contribution in [0.4, 0.5) is 5.82 Å². The largest absolute Gasteiger partial charge is 0.383 e. The van der Waals surface area contributed by atoms with Gasteiger partial charge in [0.1, 0.15) is 11.5 Å². The van der Waals surface area contributed by atoms with Crippen molar-refractivity contribution in [2.24, 2.45) is 0 Å². The van der Waals surface area contributed by atoms with Crippen LogP contribution >= 0.6 is 11.6 Å². The van der Waals surface area contributed by atoms with E-state index >= 15 is 0 Å². The molecule has 2 N–H and O–H groups in total. The van der Waals surface area contributed by atoms with E-state index in [1.165, 1.54) is 0 Å². The number of likely N-dealkylation sites (N-methyl/N-ethyl adjacent to an activating group) is 1. The van der Waals surface area contributed by atoms with Gasteiger partial charge in [0, 0.05) is 17.1 Å². The minimum Gasteiger partial charge on any atom is -0.383 e. The van der Waals surface area contributed by atoms with E-state index in [0.717, 1.165) is 18.4 Å². The Hall–Kier alpha value is -1.85. The Kier molecular flexibility index (Phi) is 4.42. The number of nitrogen functional groups attached to an aromatic ring is 1. The van der Waals surface area contributed by atoms with Crippen LogP contribution in [0.3, 0.4) is 0 Å². The van der Waals surface area contributed by atoms with Gasteiger partial charge in [0.2, 0.25) is 0 Å². The molecule has 0 fully saturated rings. The third-order valence-electron chi connectivity index (χ3n) is 3.02. The summed E-state index contributed by atoms with van der Waals surface area (Å²) in [5, 5.41) is 5.08. The van der Waals surface area contributed by atoms with Crippen LogP contribution in [0.25, 0.3) is 11.3 Å². The summed E-state index contributed by atoms with van der Waals surface area (Å²) >= 11 is 5.87. The minimum atomic E-state index is 0.395. The van der Waals surface area contributed by atoms with Crippen molar-refractivity contribution in [3.8, 4) is 11.3 Å². The van der Waals surface area contributed by atoms with Crippen molar-refractivity contribution >= 4 is 23.7 Å². The first-order chi connectivity index (χ1) is 9.52. The number of hydrogen-bond donors (Lipinski definition) is 1. The third-order valence-corrected chi connectivity index (χ3v) is 3.28. The number of nitrogens with zero attached hydrogens (tertiary/aromatic N) is 3. The number of hydrogen-bond acceptors (Lipinski definition) is 4. The van der Waals surface area contributed by atoms with E-state index in [2.05, 4.69) is 5.10 Å². The monoisotopic (exact) mass is 292 g/mol. The Bertz CT molecular complexity index is 604. The number of nitrogens with two attached hydrogens (primary N) is 1. The van der Waals surface area contributed by atoms with E-state index in [-0.39, 0.29) is 0 Å². The van der Waals surface area contributed by atoms with Crippen LogP contribution in [0.2, 0.25) is 5.02 Å². The molecule has 1 aromatic heterocycles. The molecule has 0 saturated heterocycles. The molecular formula is C14H17ClN4O. The molecule has 0 radical (unpaired) electrons. The highest BCUT2D eigenvalue weighted by Crippen LogP contribution is 2.26. The number of carbonyl (C=O) groups excluding carboxylic acids is 1. The van der Waals surface area contributed by atoms with Crippen molar-refractivity contribution in [3.63, 3.8) is 0 Å². The van der Waals surface area contributed by atoms with E-state index < -0.39 is 0 Å². The molecule has 0 aliphatic carbocycles. The van der Waals surface area contributed by atoms with Gasteiger partial charge in [0.15, 0.2) is 6.29 Å². The molecule has 0 unspecified atom stereocenters. The molecule has 2 rings (SSSR count). The number of halogens is 1. The molecule has 6 heteroatoms. The van der Waals surface area contributed by atoms with Gasteiger partial charge in [-0.25, -0.2) is 4.68 Å². The van der Waals surface area contributed by atoms with Crippen molar-refractivity contribution < 1.29 is 4.79 Å². The van der Waals surface area contributed by atoms with Crippen LogP contribution in [0.15, 0.2) is 24.3 Å². The van der Waals surface area contributed by atoms with E-state index in [9.17, 15) is 4.79 Å². The van der Waals surface area contributed by atoms with Gasteiger partial charge in [-0.1, -0.05) is 23.7 Å². The van der Waals surface area contributed by atoms with Gasteiger partial charge in [-0.2, -0.15) is 5.10 Å². The fraction of sp³-hybridized carbons (Fsp3) is 0.286. The van der Waals surface area contributed by atoms with Crippen LogP contribution in [0, 0.1) is 0 Å². The highest BCUT2D eigenvalue weighted by Gasteiger charge is 2.16. The van der Waals surface area contributed by atoms with Crippen LogP contribution in [-0.2, 0) is 6.54 Å². The highest BCUT2D eigenvalue weighted by molar-refractivity contribution is 6.30. The summed E-state index contributed by atoms with van der Waals surface area (Å²) in [6.07, 6.45) is 0.748. The summed E-state index contributed by atoms with van der Waals surface area (Å²) in [6.45, 7) is 1.43. The molecule has 2 aromatic rings. The molecule has 5 nitrogen and oxygen atoms in total. The smallest absolute Gasteiger partial charge is 0.156 e. The Morgan fingerprint density at radius 2 is 2.00 bits per heavy atom. The molecular weight excluding hydrogens is 276 g/mol. The van der Waals surface area contributed by atoms with Gasteiger partial charge in [-0.15, -0.1) is 0 Å². The Labute approximate surface area is 122 Å². The normalized spacial score (nSPS) is 11.0. The molecule has 0 bridgehead atoms. The number of rotatable bonds is 5. The lowest BCUT2D eigenvalue weighted by Gasteiger charge is -2.10. The zero-order chi connectivity index (χ0) is 14.7. The van der Waals surface area contributed by atoms with Gasteiger partial charge < -0.3 is 10.6 Å². The molecule has 0 atom stereocenters. The van der Waals surface area contributed by atoms with Crippen molar-refractivity contribution in [1.29, 1.82) is 0 Å². The molecule has 106 valence electrons. The first-order valence-corrected chi connectivity index (χ1v) is 6.63. The summed E-state index contributed by atoms with van der Waals surface area (Å²) in [4.78, 5) is 13.3. The molecule has 1 heterocycles. The summed E-state index contributed by atoms with van der Waals surface area (Å²) < 4.78 is 1.66. The Morgan fingerprint density at radius 1 is 1.35 bits per heavy atom. The maximum Gasteiger partial charge on any atom is 0.156 e. The van der Waals surface area contributed by atoms with Crippen LogP contribution in [0.1, 0.15) is 10.4 Å². The second-order valence-electron chi connectivity index (χ2n) is 4.80. The van der Waals surface area contributed by atoms with E-state index in [1.807, 2.05) is 31.1 Å². The zero-order valence-electron chi connectivity index (χ0n) is 11.5. The fourth-order valence-electron chi connectivity index (χ4n) is 1.89. The molecule has 0 saturated carbocycles. The zero-order valence-corrected chi connectivity index (χ0v) is 12.3. The van der Waals surface area contributed by atoms with Crippen LogP contribution in [-0.4, -0.2) is 41.6 Å². The SMILES string of the molecule is CN(C)CCn1nc(-c2ccc(Cl)cc2)c(C=O)c1N. The fourth-order valence-corrected chi connectivity index (χ4v) is 2.02. The maximum absolute atomic E-state index is 11.3. The van der Waals surface area contributed by atoms with Gasteiger partial charge >= 0.3 is 0 Å². The quantitative estimate of drug-likeness (QED) is 0.858. The third kappa shape index (κ3) is 3.00. The average Bonchev–Trinajstić information content (AvgIpc) is 2.73. The molecule has 0 aliphatic rings. The highest BCUT2D eigenvalue weighted by atomic mass is 35.5. The summed E-state index contributed by atoms with van der Waals surface area (Å²) in [5.41, 5.74) is 7.83. The molecule has 20 heavy (non-hydrogen) atoms. The standard InChI is InChI=1S/C14H17ClN4O/c1-18(2)7-8-19-14(16)12(9-20)13(17-19)10-3-5-11(15)6-4-10/h3-6,9H,7-8,16H2,1-2H3. The Balaban J connectivity index is 2.40. The number of aldehydes is 1. The van der Waals surface area contributed by atoms with E-state index in [4.69, 9.17) is 17.3 Å². The Morgan fingerprint density at radius 3 is 2.55 bits per heavy atom. The molecule has 0 aliphatic heterocycles. The predicted octanol–water partition coefficient (Wildman–Crippen LogP) is 2.16. The number of carbonyl (C=O) groups is 1. The number of anilines is 1. The second kappa shape index (κ2) is 6.07. The van der Waals surface area contributed by atoms with Gasteiger partial charge in [-0.05, 0) is 26.2 Å². The summed E-state index contributed by atoms with van der Waals surface area (Å²) in [7, 11) is 3.95. The molecule has 1 aromatic carbocycles. The van der Waals surface area contributed by atoms with Gasteiger partial charge in [0.25, 0.3) is 0 Å². The van der Waals surface area contributed by atoms with Crippen molar-refractivity contribution in [1.82, 2.24) is 14.7 Å². The maximum atomic E-state index is 11.3. The average molecular weight is 293 g/mol. The van der Waals surface area contributed by atoms with Crippen LogP contribution < -0.4 is 5.73 Å². The van der Waals surface area contributed by atoms with Crippen LogP contribution in [0.5, 0.6) is 0 Å². The van der Waals surface area contributed by atoms with Crippen molar-refractivity contribution in [2.45, 2.75) is 6.54 Å². The van der Waals surface area contributed by atoms with E-state index in [1.54, 1.807) is 16.8 Å². The second-order valence-corrected chi connectivity index (χ2v) is 5.24. The minimum absolute atomic E-state index is 0.395. The first-order valence-electron chi connectivity index (χ1n) is 6.25. The lowest BCUT2D eigenvalue weighted by Crippen LogP contribution is -2.20. The summed E-state index contributed by atoms with van der Waals surface area (Å²) in [6, 6.07) is 7.18. The summed E-state index contributed by atoms with van der Waals surface area (Å²) in [5.74, 6) is 0.395. The lowest BCUT2D eigenvalue weighted by atomic mass is 10.1. The molecule has 0 amide bonds. The number of aromatic nitrogens is 2. The molecule has 0 spiro atoms. The topological polar surface area (TPSA) is 64.2 Å². The van der Waals surface area contributed by atoms with Gasteiger partial charge in [0.05, 0.1) is 12.1 Å². The lowest BCUT2D eigenvalue weighted by molar-refractivity contribution is 0.112. The van der Waals surface area contributed by atoms with E-state index in [0.29, 0.717) is 28.6 Å². The predicted molar refractivity (Wildman–Crippen MR) is 81.0 cm³/mol. The number of benzene rings is 1. The van der Waals surface area contributed by atoms with Crippen molar-refractivity contribution in [3.05, 3.63) is 34.9 Å².